The number of hydrogen-bond donors (Lipinski definition) is 1. The van der Waals surface area contributed by atoms with Crippen molar-refractivity contribution in [2.24, 2.45) is 0 Å². The molecule has 34 heavy (non-hydrogen) atoms. The molecule has 0 radical (unpaired) electrons. The Morgan fingerprint density at radius 2 is 1.94 bits per heavy atom. The molecular weight excluding hydrogens is 445 g/mol. The fourth-order valence-electron chi connectivity index (χ4n) is 4.74. The van der Waals surface area contributed by atoms with Crippen molar-refractivity contribution in [1.82, 2.24) is 34.1 Å². The number of aryl methyl sites for hydroxylation is 2. The summed E-state index contributed by atoms with van der Waals surface area (Å²) in [5.41, 5.74) is 3.28. The minimum Gasteiger partial charge on any atom is -0.365 e. The molecule has 1 fully saturated rings. The third kappa shape index (κ3) is 3.59. The van der Waals surface area contributed by atoms with Crippen LogP contribution in [0.5, 0.6) is 0 Å². The van der Waals surface area contributed by atoms with Crippen molar-refractivity contribution in [3.05, 3.63) is 48.1 Å². The fraction of sp³-hybridized carbons (Fsp3) is 0.435. The Hall–Kier alpha value is -3.50. The second-order valence-electron chi connectivity index (χ2n) is 8.86. The molecule has 176 valence electrons. The Labute approximate surface area is 193 Å². The molecule has 11 heteroatoms. The molecule has 0 spiro atoms. The topological polar surface area (TPSA) is 86.3 Å². The van der Waals surface area contributed by atoms with E-state index in [0.717, 1.165) is 25.3 Å². The van der Waals surface area contributed by atoms with Gasteiger partial charge in [0, 0.05) is 42.5 Å². The SMILES string of the molecule is CCn1c(-c2ccc(C(F)(F)F)nc2)nc2c(N[C@H]3CCc4ncn(C5CC5)c4C3)ncnc21. The number of aromatic nitrogens is 7. The largest absolute Gasteiger partial charge is 0.433 e. The van der Waals surface area contributed by atoms with Crippen LogP contribution in [0.1, 0.15) is 49.3 Å². The second-order valence-corrected chi connectivity index (χ2v) is 8.86. The lowest BCUT2D eigenvalue weighted by atomic mass is 9.95. The molecule has 2 aliphatic carbocycles. The Bertz CT molecular complexity index is 1350. The molecule has 0 aliphatic heterocycles. The van der Waals surface area contributed by atoms with Crippen LogP contribution in [-0.4, -0.2) is 40.1 Å². The van der Waals surface area contributed by atoms with Gasteiger partial charge in [-0.15, -0.1) is 0 Å². The number of hydrogen-bond acceptors (Lipinski definition) is 6. The Morgan fingerprint density at radius 3 is 2.65 bits per heavy atom. The molecular formula is C23H23F3N8. The van der Waals surface area contributed by atoms with Crippen LogP contribution >= 0.6 is 0 Å². The summed E-state index contributed by atoms with van der Waals surface area (Å²) in [5.74, 6) is 1.14. The first-order valence-corrected chi connectivity index (χ1v) is 11.5. The van der Waals surface area contributed by atoms with Crippen LogP contribution in [0.2, 0.25) is 0 Å². The van der Waals surface area contributed by atoms with Gasteiger partial charge in [-0.05, 0) is 44.7 Å². The van der Waals surface area contributed by atoms with Gasteiger partial charge in [-0.25, -0.2) is 19.9 Å². The molecule has 1 N–H and O–H groups in total. The van der Waals surface area contributed by atoms with Gasteiger partial charge in [-0.2, -0.15) is 13.2 Å². The number of halogens is 3. The van der Waals surface area contributed by atoms with Gasteiger partial charge in [-0.1, -0.05) is 0 Å². The molecule has 0 saturated heterocycles. The highest BCUT2D eigenvalue weighted by Crippen LogP contribution is 2.38. The van der Waals surface area contributed by atoms with Gasteiger partial charge in [0.05, 0.1) is 12.0 Å². The number of rotatable bonds is 5. The van der Waals surface area contributed by atoms with Crippen molar-refractivity contribution in [1.29, 1.82) is 0 Å². The summed E-state index contributed by atoms with van der Waals surface area (Å²) in [6.07, 6.45) is 5.32. The van der Waals surface area contributed by atoms with Crippen LogP contribution in [0.25, 0.3) is 22.6 Å². The molecule has 0 aromatic carbocycles. The van der Waals surface area contributed by atoms with E-state index in [0.29, 0.717) is 41.0 Å². The van der Waals surface area contributed by atoms with Crippen LogP contribution in [-0.2, 0) is 25.6 Å². The maximum absolute atomic E-state index is 12.9. The first kappa shape index (κ1) is 21.1. The molecule has 0 unspecified atom stereocenters. The van der Waals surface area contributed by atoms with Crippen LogP contribution in [0.4, 0.5) is 19.0 Å². The zero-order chi connectivity index (χ0) is 23.4. The number of anilines is 1. The second kappa shape index (κ2) is 7.78. The van der Waals surface area contributed by atoms with Crippen LogP contribution < -0.4 is 5.32 Å². The van der Waals surface area contributed by atoms with Crippen molar-refractivity contribution < 1.29 is 13.2 Å². The number of imidazole rings is 2. The first-order chi connectivity index (χ1) is 16.4. The van der Waals surface area contributed by atoms with E-state index in [1.807, 2.05) is 17.8 Å². The smallest absolute Gasteiger partial charge is 0.365 e. The van der Waals surface area contributed by atoms with Crippen LogP contribution in [0.3, 0.4) is 0 Å². The molecule has 6 rings (SSSR count). The summed E-state index contributed by atoms with van der Waals surface area (Å²) >= 11 is 0. The van der Waals surface area contributed by atoms with Crippen molar-refractivity contribution in [2.75, 3.05) is 5.32 Å². The van der Waals surface area contributed by atoms with Crippen molar-refractivity contribution in [3.8, 4) is 11.4 Å². The van der Waals surface area contributed by atoms with Crippen molar-refractivity contribution >= 4 is 17.0 Å². The monoisotopic (exact) mass is 468 g/mol. The van der Waals surface area contributed by atoms with E-state index in [9.17, 15) is 13.2 Å². The van der Waals surface area contributed by atoms with Gasteiger partial charge in [0.1, 0.15) is 17.8 Å². The van der Waals surface area contributed by atoms with Gasteiger partial charge in [-0.3, -0.25) is 4.98 Å². The standard InChI is InChI=1S/C23H23F3N8/c1-2-33-21(13-3-8-18(27-10-13)23(24,25)26)32-19-20(28-11-29-22(19)33)31-14-4-7-16-17(9-14)34(12-30-16)15-5-6-15/h3,8,10-12,14-15H,2,4-7,9H2,1H3,(H,28,29,31)/t14-/m0/s1. The summed E-state index contributed by atoms with van der Waals surface area (Å²) in [7, 11) is 0. The number of pyridine rings is 1. The third-order valence-electron chi connectivity index (χ3n) is 6.59. The van der Waals surface area contributed by atoms with Gasteiger partial charge in [0.25, 0.3) is 0 Å². The predicted octanol–water partition coefficient (Wildman–Crippen LogP) is 4.43. The highest BCUT2D eigenvalue weighted by Gasteiger charge is 2.33. The average Bonchev–Trinajstić information content (AvgIpc) is 3.46. The molecule has 8 nitrogen and oxygen atoms in total. The van der Waals surface area contributed by atoms with Gasteiger partial charge in [0.15, 0.2) is 17.0 Å². The van der Waals surface area contributed by atoms with Crippen LogP contribution in [0.15, 0.2) is 31.0 Å². The van der Waals surface area contributed by atoms with Crippen molar-refractivity contribution in [3.63, 3.8) is 0 Å². The van der Waals surface area contributed by atoms with Crippen LogP contribution in [0, 0.1) is 0 Å². The molecule has 1 saturated carbocycles. The molecule has 0 bridgehead atoms. The Balaban J connectivity index is 1.32. The normalized spacial score (nSPS) is 18.3. The zero-order valence-electron chi connectivity index (χ0n) is 18.5. The van der Waals surface area contributed by atoms with Crippen molar-refractivity contribution in [2.45, 2.75) is 63.8 Å². The quantitative estimate of drug-likeness (QED) is 0.467. The summed E-state index contributed by atoms with van der Waals surface area (Å²) in [6, 6.07) is 3.14. The predicted molar refractivity (Wildman–Crippen MR) is 119 cm³/mol. The summed E-state index contributed by atoms with van der Waals surface area (Å²) in [6.45, 7) is 2.50. The number of nitrogens with zero attached hydrogens (tertiary/aromatic N) is 7. The molecule has 4 heterocycles. The van der Waals surface area contributed by atoms with Gasteiger partial charge >= 0.3 is 6.18 Å². The fourth-order valence-corrected chi connectivity index (χ4v) is 4.74. The van der Waals surface area contributed by atoms with E-state index in [-0.39, 0.29) is 6.04 Å². The maximum Gasteiger partial charge on any atom is 0.433 e. The first-order valence-electron chi connectivity index (χ1n) is 11.5. The molecule has 1 atom stereocenters. The van der Waals surface area contributed by atoms with E-state index in [1.54, 1.807) is 0 Å². The minimum absolute atomic E-state index is 0.183. The Morgan fingerprint density at radius 1 is 1.09 bits per heavy atom. The highest BCUT2D eigenvalue weighted by atomic mass is 19.4. The van der Waals surface area contributed by atoms with E-state index < -0.39 is 11.9 Å². The lowest BCUT2D eigenvalue weighted by molar-refractivity contribution is -0.141. The third-order valence-corrected chi connectivity index (χ3v) is 6.59. The van der Waals surface area contributed by atoms with E-state index in [2.05, 4.69) is 29.8 Å². The highest BCUT2D eigenvalue weighted by molar-refractivity contribution is 5.86. The summed E-state index contributed by atoms with van der Waals surface area (Å²) in [5, 5.41) is 3.55. The minimum atomic E-state index is -4.49. The zero-order valence-corrected chi connectivity index (χ0v) is 18.5. The van der Waals surface area contributed by atoms with E-state index in [4.69, 9.17) is 4.98 Å². The van der Waals surface area contributed by atoms with E-state index in [1.165, 1.54) is 42.8 Å². The Kier molecular flexibility index (Phi) is 4.82. The molecule has 4 aromatic rings. The average molecular weight is 468 g/mol. The lowest BCUT2D eigenvalue weighted by Gasteiger charge is -2.24. The molecule has 4 aromatic heterocycles. The number of nitrogens with one attached hydrogen (secondary N) is 1. The molecule has 0 amide bonds. The summed E-state index contributed by atoms with van der Waals surface area (Å²) < 4.78 is 43.0. The lowest BCUT2D eigenvalue weighted by Crippen LogP contribution is -2.29. The number of fused-ring (bicyclic) bond motifs is 2. The summed E-state index contributed by atoms with van der Waals surface area (Å²) in [4.78, 5) is 21.8. The number of alkyl halides is 3. The van der Waals surface area contributed by atoms with Gasteiger partial charge < -0.3 is 14.5 Å². The maximum atomic E-state index is 12.9. The molecule has 2 aliphatic rings. The van der Waals surface area contributed by atoms with Gasteiger partial charge in [0.2, 0.25) is 0 Å². The van der Waals surface area contributed by atoms with E-state index >= 15 is 0 Å².